The highest BCUT2D eigenvalue weighted by Crippen LogP contribution is 2.29. The minimum atomic E-state index is -3.78. The Morgan fingerprint density at radius 1 is 1.24 bits per heavy atom. The summed E-state index contributed by atoms with van der Waals surface area (Å²) >= 11 is 7.56. The van der Waals surface area contributed by atoms with Gasteiger partial charge in [-0.3, -0.25) is 4.72 Å². The predicted molar refractivity (Wildman–Crippen MR) is 89.6 cm³/mol. The highest BCUT2D eigenvalue weighted by Gasteiger charge is 2.19. The van der Waals surface area contributed by atoms with Gasteiger partial charge in [0.25, 0.3) is 10.0 Å². The second-order valence-corrected chi connectivity index (χ2v) is 7.41. The summed E-state index contributed by atoms with van der Waals surface area (Å²) in [5.74, 6) is 0. The first-order valence-corrected chi connectivity index (χ1v) is 9.14. The van der Waals surface area contributed by atoms with E-state index in [-0.39, 0.29) is 9.92 Å². The number of benzene rings is 2. The Morgan fingerprint density at radius 3 is 2.62 bits per heavy atom. The molecule has 0 unspecified atom stereocenters. The Bertz CT molecular complexity index is 777. The summed E-state index contributed by atoms with van der Waals surface area (Å²) in [6.07, 6.45) is 1.92. The molecular weight excluding hydrogens is 328 g/mol. The summed E-state index contributed by atoms with van der Waals surface area (Å²) in [6.45, 7) is 1.77. The lowest BCUT2D eigenvalue weighted by atomic mass is 10.2. The monoisotopic (exact) mass is 342 g/mol. The summed E-state index contributed by atoms with van der Waals surface area (Å²) in [7, 11) is -3.78. The third kappa shape index (κ3) is 3.64. The number of nitrogen functional groups attached to an aromatic ring is 1. The molecule has 0 amide bonds. The minimum absolute atomic E-state index is 0.0261. The average Bonchev–Trinajstić information content (AvgIpc) is 2.42. The topological polar surface area (TPSA) is 72.2 Å². The van der Waals surface area contributed by atoms with Gasteiger partial charge in [0.05, 0.1) is 5.02 Å². The van der Waals surface area contributed by atoms with Crippen molar-refractivity contribution in [2.45, 2.75) is 16.7 Å². The maximum absolute atomic E-state index is 12.4. The van der Waals surface area contributed by atoms with Gasteiger partial charge in [0, 0.05) is 16.3 Å². The number of sulfonamides is 1. The molecule has 0 saturated carbocycles. The van der Waals surface area contributed by atoms with E-state index in [2.05, 4.69) is 4.72 Å². The van der Waals surface area contributed by atoms with Crippen molar-refractivity contribution in [2.75, 3.05) is 16.7 Å². The van der Waals surface area contributed by atoms with E-state index < -0.39 is 10.0 Å². The molecule has 0 aliphatic carbocycles. The van der Waals surface area contributed by atoms with Crippen LogP contribution in [0.25, 0.3) is 0 Å². The van der Waals surface area contributed by atoms with E-state index in [4.69, 9.17) is 17.3 Å². The quantitative estimate of drug-likeness (QED) is 0.655. The van der Waals surface area contributed by atoms with Crippen LogP contribution in [0.2, 0.25) is 5.02 Å². The normalized spacial score (nSPS) is 11.4. The molecule has 0 aromatic heterocycles. The lowest BCUT2D eigenvalue weighted by Gasteiger charge is -2.12. The largest absolute Gasteiger partial charge is 0.398 e. The zero-order chi connectivity index (χ0) is 15.6. The molecule has 2 rings (SSSR count). The molecule has 0 aliphatic rings. The van der Waals surface area contributed by atoms with Crippen LogP contribution >= 0.6 is 23.4 Å². The Morgan fingerprint density at radius 2 is 1.95 bits per heavy atom. The van der Waals surface area contributed by atoms with Crippen molar-refractivity contribution in [3.63, 3.8) is 0 Å². The molecule has 2 aromatic carbocycles. The van der Waals surface area contributed by atoms with E-state index in [0.717, 1.165) is 10.5 Å². The van der Waals surface area contributed by atoms with Gasteiger partial charge >= 0.3 is 0 Å². The maximum Gasteiger partial charge on any atom is 0.263 e. The van der Waals surface area contributed by atoms with Gasteiger partial charge in [-0.05, 0) is 49.1 Å². The molecule has 4 nitrogen and oxygen atoms in total. The number of anilines is 2. The molecule has 0 atom stereocenters. The van der Waals surface area contributed by atoms with Crippen LogP contribution in [0.3, 0.4) is 0 Å². The SMILES string of the molecule is CSc1cccc(NS(=O)(=O)c2cc(N)c(C)cc2Cl)c1. The van der Waals surface area contributed by atoms with Crippen LogP contribution in [0, 0.1) is 6.92 Å². The maximum atomic E-state index is 12.4. The number of hydrogen-bond acceptors (Lipinski definition) is 4. The Balaban J connectivity index is 2.40. The number of rotatable bonds is 4. The van der Waals surface area contributed by atoms with Crippen molar-refractivity contribution in [1.29, 1.82) is 0 Å². The summed E-state index contributed by atoms with van der Waals surface area (Å²) in [5.41, 5.74) is 7.38. The van der Waals surface area contributed by atoms with Crippen LogP contribution in [-0.2, 0) is 10.0 Å². The highest BCUT2D eigenvalue weighted by atomic mass is 35.5. The molecule has 0 fully saturated rings. The minimum Gasteiger partial charge on any atom is -0.398 e. The first-order valence-electron chi connectivity index (χ1n) is 6.06. The highest BCUT2D eigenvalue weighted by molar-refractivity contribution is 7.98. The van der Waals surface area contributed by atoms with Gasteiger partial charge in [0.2, 0.25) is 0 Å². The molecule has 7 heteroatoms. The van der Waals surface area contributed by atoms with Gasteiger partial charge < -0.3 is 5.73 Å². The van der Waals surface area contributed by atoms with E-state index in [9.17, 15) is 8.42 Å². The van der Waals surface area contributed by atoms with E-state index in [1.807, 2.05) is 12.3 Å². The second-order valence-electron chi connectivity index (χ2n) is 4.48. The van der Waals surface area contributed by atoms with Crippen LogP contribution in [0.15, 0.2) is 46.2 Å². The van der Waals surface area contributed by atoms with E-state index >= 15 is 0 Å². The third-order valence-corrected chi connectivity index (χ3v) is 5.50. The number of nitrogens with one attached hydrogen (secondary N) is 1. The van der Waals surface area contributed by atoms with Crippen molar-refractivity contribution in [3.05, 3.63) is 47.0 Å². The second kappa shape index (κ2) is 6.17. The first-order chi connectivity index (χ1) is 9.83. The van der Waals surface area contributed by atoms with Gasteiger partial charge in [-0.15, -0.1) is 11.8 Å². The van der Waals surface area contributed by atoms with Crippen LogP contribution in [0.1, 0.15) is 5.56 Å². The molecule has 0 bridgehead atoms. The Kier molecular flexibility index (Phi) is 4.70. The fourth-order valence-corrected chi connectivity index (χ4v) is 3.90. The van der Waals surface area contributed by atoms with Crippen molar-refractivity contribution < 1.29 is 8.42 Å². The fourth-order valence-electron chi connectivity index (χ4n) is 1.77. The van der Waals surface area contributed by atoms with Crippen molar-refractivity contribution in [3.8, 4) is 0 Å². The summed E-state index contributed by atoms with van der Waals surface area (Å²) < 4.78 is 27.4. The van der Waals surface area contributed by atoms with Crippen LogP contribution in [0.4, 0.5) is 11.4 Å². The molecule has 3 N–H and O–H groups in total. The fraction of sp³-hybridized carbons (Fsp3) is 0.143. The molecule has 112 valence electrons. The van der Waals surface area contributed by atoms with E-state index in [1.165, 1.54) is 17.8 Å². The molecule has 0 heterocycles. The van der Waals surface area contributed by atoms with Gasteiger partial charge in [0.15, 0.2) is 0 Å². The van der Waals surface area contributed by atoms with E-state index in [1.54, 1.807) is 31.2 Å². The molecule has 2 aromatic rings. The number of nitrogens with two attached hydrogens (primary N) is 1. The van der Waals surface area contributed by atoms with Crippen molar-refractivity contribution >= 4 is 44.8 Å². The average molecular weight is 343 g/mol. The Hall–Kier alpha value is -1.37. The summed E-state index contributed by atoms with van der Waals surface area (Å²) in [6, 6.07) is 10.0. The number of hydrogen-bond donors (Lipinski definition) is 2. The van der Waals surface area contributed by atoms with Crippen molar-refractivity contribution in [1.82, 2.24) is 0 Å². The van der Waals surface area contributed by atoms with Crippen LogP contribution in [0.5, 0.6) is 0 Å². The zero-order valence-corrected chi connectivity index (χ0v) is 13.9. The number of thioether (sulfide) groups is 1. The number of halogens is 1. The Labute approximate surface area is 133 Å². The standard InChI is InChI=1S/C14H15ClN2O2S2/c1-9-6-12(15)14(8-13(9)16)21(18,19)17-10-4-3-5-11(7-10)20-2/h3-8,17H,16H2,1-2H3. The lowest BCUT2D eigenvalue weighted by molar-refractivity contribution is 0.601. The molecule has 0 radical (unpaired) electrons. The van der Waals surface area contributed by atoms with Crippen LogP contribution in [-0.4, -0.2) is 14.7 Å². The van der Waals surface area contributed by atoms with Gasteiger partial charge in [0.1, 0.15) is 4.90 Å². The van der Waals surface area contributed by atoms with E-state index in [0.29, 0.717) is 11.4 Å². The molecule has 0 spiro atoms. The van der Waals surface area contributed by atoms with Gasteiger partial charge in [-0.1, -0.05) is 17.7 Å². The molecular formula is C14H15ClN2O2S2. The van der Waals surface area contributed by atoms with Gasteiger partial charge in [-0.25, -0.2) is 8.42 Å². The zero-order valence-electron chi connectivity index (χ0n) is 11.6. The smallest absolute Gasteiger partial charge is 0.263 e. The van der Waals surface area contributed by atoms with Gasteiger partial charge in [-0.2, -0.15) is 0 Å². The molecule has 0 saturated heterocycles. The summed E-state index contributed by atoms with van der Waals surface area (Å²) in [4.78, 5) is 0.937. The number of aryl methyl sites for hydroxylation is 1. The molecule has 0 aliphatic heterocycles. The summed E-state index contributed by atoms with van der Waals surface area (Å²) in [5, 5.41) is 0.148. The molecule has 21 heavy (non-hydrogen) atoms. The predicted octanol–water partition coefficient (Wildman–Crippen LogP) is 3.75. The van der Waals surface area contributed by atoms with Crippen LogP contribution < -0.4 is 10.5 Å². The third-order valence-electron chi connectivity index (χ3n) is 2.93. The van der Waals surface area contributed by atoms with Crippen molar-refractivity contribution in [2.24, 2.45) is 0 Å². The lowest BCUT2D eigenvalue weighted by Crippen LogP contribution is -2.14. The first kappa shape index (κ1) is 16.0.